The maximum atomic E-state index is 12.7. The largest absolute Gasteiger partial charge is 0.379 e. The van der Waals surface area contributed by atoms with E-state index in [4.69, 9.17) is 4.74 Å². The molecule has 0 aliphatic rings. The molecule has 0 spiro atoms. The Labute approximate surface area is 129 Å². The van der Waals surface area contributed by atoms with Gasteiger partial charge in [0.05, 0.1) is 18.2 Å². The average molecular weight is 300 g/mol. The molecule has 21 heavy (non-hydrogen) atoms. The van der Waals surface area contributed by atoms with E-state index in [9.17, 15) is 9.59 Å². The predicted octanol–water partition coefficient (Wildman–Crippen LogP) is 1.71. The van der Waals surface area contributed by atoms with E-state index in [2.05, 4.69) is 19.2 Å². The van der Waals surface area contributed by atoms with E-state index >= 15 is 0 Å². The Morgan fingerprint density at radius 3 is 2.24 bits per heavy atom. The van der Waals surface area contributed by atoms with Gasteiger partial charge in [-0.15, -0.1) is 0 Å². The molecule has 4 atom stereocenters. The summed E-state index contributed by atoms with van der Waals surface area (Å²) in [4.78, 5) is 25.4. The molecule has 0 aromatic heterocycles. The summed E-state index contributed by atoms with van der Waals surface area (Å²) in [6, 6.07) is -0.331. The van der Waals surface area contributed by atoms with Crippen LogP contribution in [0.5, 0.6) is 0 Å². The van der Waals surface area contributed by atoms with Crippen LogP contribution in [0, 0.1) is 11.8 Å². The number of rotatable bonds is 10. The fourth-order valence-electron chi connectivity index (χ4n) is 2.82. The number of hydrogen-bond donors (Lipinski definition) is 1. The monoisotopic (exact) mass is 300 g/mol. The van der Waals surface area contributed by atoms with Crippen molar-refractivity contribution in [2.75, 3.05) is 21.2 Å². The number of hydrogen-bond acceptors (Lipinski definition) is 4. The smallest absolute Gasteiger partial charge is 0.240 e. The van der Waals surface area contributed by atoms with Gasteiger partial charge < -0.3 is 19.7 Å². The number of likely N-dealkylation sites (N-methyl/N-ethyl adjacent to an activating group) is 2. The van der Waals surface area contributed by atoms with Crippen molar-refractivity contribution in [3.05, 3.63) is 0 Å². The summed E-state index contributed by atoms with van der Waals surface area (Å²) in [7, 11) is 5.20. The highest BCUT2D eigenvalue weighted by Gasteiger charge is 2.35. The lowest BCUT2D eigenvalue weighted by atomic mass is 9.90. The van der Waals surface area contributed by atoms with Crippen LogP contribution in [-0.2, 0) is 14.3 Å². The normalized spacial score (nSPS) is 17.1. The van der Waals surface area contributed by atoms with Gasteiger partial charge in [-0.3, -0.25) is 4.79 Å². The molecular weight excluding hydrogens is 268 g/mol. The Morgan fingerprint density at radius 2 is 1.90 bits per heavy atom. The zero-order valence-electron chi connectivity index (χ0n) is 14.6. The molecular formula is C16H32N2O3. The number of aldehydes is 1. The molecule has 5 heteroatoms. The van der Waals surface area contributed by atoms with Crippen molar-refractivity contribution in [3.63, 3.8) is 0 Å². The van der Waals surface area contributed by atoms with Crippen LogP contribution < -0.4 is 5.32 Å². The molecule has 5 nitrogen and oxygen atoms in total. The molecule has 0 saturated carbocycles. The van der Waals surface area contributed by atoms with Crippen LogP contribution in [0.1, 0.15) is 40.5 Å². The Morgan fingerprint density at radius 1 is 1.33 bits per heavy atom. The van der Waals surface area contributed by atoms with Crippen molar-refractivity contribution in [1.29, 1.82) is 0 Å². The molecule has 0 radical (unpaired) electrons. The predicted molar refractivity (Wildman–Crippen MR) is 85.2 cm³/mol. The number of ether oxygens (including phenoxy) is 1. The third-order valence-electron chi connectivity index (χ3n) is 4.28. The Balaban J connectivity index is 5.31. The number of nitrogens with one attached hydrogen (secondary N) is 1. The van der Waals surface area contributed by atoms with Crippen LogP contribution in [-0.4, -0.2) is 56.5 Å². The SMILES string of the molecule is CCC(C)C(C(CC=O)OC)N(C)C(=O)[C@@H](NC)C(C)C. The van der Waals surface area contributed by atoms with E-state index < -0.39 is 0 Å². The number of methoxy groups -OCH3 is 1. The number of amides is 1. The topological polar surface area (TPSA) is 58.6 Å². The van der Waals surface area contributed by atoms with Gasteiger partial charge in [-0.05, 0) is 18.9 Å². The van der Waals surface area contributed by atoms with E-state index in [-0.39, 0.29) is 35.9 Å². The van der Waals surface area contributed by atoms with E-state index in [0.717, 1.165) is 12.7 Å². The third-order valence-corrected chi connectivity index (χ3v) is 4.28. The van der Waals surface area contributed by atoms with Gasteiger partial charge in [0, 0.05) is 20.6 Å². The lowest BCUT2D eigenvalue weighted by molar-refractivity contribution is -0.140. The van der Waals surface area contributed by atoms with Crippen LogP contribution in [0.2, 0.25) is 0 Å². The number of carbonyl (C=O) groups is 2. The Hall–Kier alpha value is -0.940. The summed E-state index contributed by atoms with van der Waals surface area (Å²) in [5.41, 5.74) is 0. The minimum Gasteiger partial charge on any atom is -0.379 e. The molecule has 0 rings (SSSR count). The second-order valence-corrected chi connectivity index (χ2v) is 6.01. The molecule has 0 aromatic rings. The minimum absolute atomic E-state index is 0.0470. The second kappa shape index (κ2) is 9.90. The van der Waals surface area contributed by atoms with E-state index in [1.54, 1.807) is 19.1 Å². The molecule has 124 valence electrons. The van der Waals surface area contributed by atoms with Crippen molar-refractivity contribution >= 4 is 12.2 Å². The van der Waals surface area contributed by atoms with Crippen LogP contribution in [0.25, 0.3) is 0 Å². The van der Waals surface area contributed by atoms with Gasteiger partial charge >= 0.3 is 0 Å². The van der Waals surface area contributed by atoms with Gasteiger partial charge in [0.25, 0.3) is 0 Å². The highest BCUT2D eigenvalue weighted by atomic mass is 16.5. The summed E-state index contributed by atoms with van der Waals surface area (Å²) in [6.45, 7) is 8.21. The van der Waals surface area contributed by atoms with Crippen LogP contribution in [0.3, 0.4) is 0 Å². The zero-order chi connectivity index (χ0) is 16.6. The lowest BCUT2D eigenvalue weighted by Gasteiger charge is -2.39. The fourth-order valence-corrected chi connectivity index (χ4v) is 2.82. The van der Waals surface area contributed by atoms with Gasteiger partial charge in [0.1, 0.15) is 6.29 Å². The van der Waals surface area contributed by atoms with Crippen molar-refractivity contribution in [2.24, 2.45) is 11.8 Å². The molecule has 3 unspecified atom stereocenters. The highest BCUT2D eigenvalue weighted by molar-refractivity contribution is 5.82. The molecule has 0 aliphatic heterocycles. The summed E-state index contributed by atoms with van der Waals surface area (Å²) in [6.07, 6.45) is 1.82. The summed E-state index contributed by atoms with van der Waals surface area (Å²) < 4.78 is 5.48. The maximum Gasteiger partial charge on any atom is 0.240 e. The van der Waals surface area contributed by atoms with Gasteiger partial charge in [0.15, 0.2) is 0 Å². The quantitative estimate of drug-likeness (QED) is 0.624. The Kier molecular flexibility index (Phi) is 9.46. The molecule has 1 amide bonds. The van der Waals surface area contributed by atoms with Crippen molar-refractivity contribution in [2.45, 2.75) is 58.7 Å². The zero-order valence-corrected chi connectivity index (χ0v) is 14.6. The van der Waals surface area contributed by atoms with Crippen LogP contribution in [0.15, 0.2) is 0 Å². The summed E-state index contributed by atoms with van der Waals surface area (Å²) in [5, 5.41) is 3.08. The maximum absolute atomic E-state index is 12.7. The van der Waals surface area contributed by atoms with Gasteiger partial charge in [0.2, 0.25) is 5.91 Å². The lowest BCUT2D eigenvalue weighted by Crippen LogP contribution is -2.55. The number of nitrogens with zero attached hydrogens (tertiary/aromatic N) is 1. The van der Waals surface area contributed by atoms with Crippen LogP contribution >= 0.6 is 0 Å². The first-order chi connectivity index (χ1) is 9.85. The van der Waals surface area contributed by atoms with Gasteiger partial charge in [-0.1, -0.05) is 34.1 Å². The molecule has 0 bridgehead atoms. The summed E-state index contributed by atoms with van der Waals surface area (Å²) >= 11 is 0. The minimum atomic E-state index is -0.268. The molecule has 0 heterocycles. The fraction of sp³-hybridized carbons (Fsp3) is 0.875. The average Bonchev–Trinajstić information content (AvgIpc) is 2.46. The standard InChI is InChI=1S/C16H32N2O3/c1-8-12(4)15(13(21-7)9-10-19)18(6)16(20)14(17-5)11(2)3/h10-15,17H,8-9H2,1-7H3/t12?,13?,14-,15?/m0/s1. The van der Waals surface area contributed by atoms with Crippen molar-refractivity contribution in [1.82, 2.24) is 10.2 Å². The van der Waals surface area contributed by atoms with E-state index in [1.807, 2.05) is 20.9 Å². The van der Waals surface area contributed by atoms with Crippen molar-refractivity contribution in [3.8, 4) is 0 Å². The van der Waals surface area contributed by atoms with E-state index in [0.29, 0.717) is 6.42 Å². The Bertz CT molecular complexity index is 321. The molecule has 0 saturated heterocycles. The van der Waals surface area contributed by atoms with E-state index in [1.165, 1.54) is 0 Å². The third kappa shape index (κ3) is 5.40. The molecule has 0 fully saturated rings. The molecule has 0 aliphatic carbocycles. The van der Waals surface area contributed by atoms with Gasteiger partial charge in [-0.25, -0.2) is 0 Å². The van der Waals surface area contributed by atoms with Gasteiger partial charge in [-0.2, -0.15) is 0 Å². The van der Waals surface area contributed by atoms with Crippen LogP contribution in [0.4, 0.5) is 0 Å². The second-order valence-electron chi connectivity index (χ2n) is 6.01. The van der Waals surface area contributed by atoms with Crippen molar-refractivity contribution < 1.29 is 14.3 Å². The summed E-state index contributed by atoms with van der Waals surface area (Å²) in [5.74, 6) is 0.508. The number of carbonyl (C=O) groups excluding carboxylic acids is 2. The molecule has 1 N–H and O–H groups in total. The first-order valence-corrected chi connectivity index (χ1v) is 7.75. The first-order valence-electron chi connectivity index (χ1n) is 7.75. The first kappa shape index (κ1) is 20.1. The highest BCUT2D eigenvalue weighted by Crippen LogP contribution is 2.22. The molecule has 0 aromatic carbocycles.